The van der Waals surface area contributed by atoms with Gasteiger partial charge in [-0.15, -0.1) is 0 Å². The lowest BCUT2D eigenvalue weighted by atomic mass is 10.1. The van der Waals surface area contributed by atoms with Gasteiger partial charge in [-0.3, -0.25) is 15.4 Å². The first-order valence-corrected chi connectivity index (χ1v) is 11.6. The van der Waals surface area contributed by atoms with E-state index in [2.05, 4.69) is 15.6 Å². The largest absolute Gasteiger partial charge is 0.444 e. The van der Waals surface area contributed by atoms with E-state index in [1.165, 1.54) is 24.3 Å². The molecule has 4 N–H and O–H groups in total. The molecule has 0 aromatic heterocycles. The molecule has 0 heterocycles. The van der Waals surface area contributed by atoms with Crippen molar-refractivity contribution in [3.8, 4) is 5.75 Å². The first kappa shape index (κ1) is 30.7. The fourth-order valence-corrected chi connectivity index (χ4v) is 2.84. The highest BCUT2D eigenvalue weighted by atomic mass is 19.1. The summed E-state index contributed by atoms with van der Waals surface area (Å²) in [5.41, 5.74) is 2.98. The number of amides is 3. The summed E-state index contributed by atoms with van der Waals surface area (Å²) in [5, 5.41) is 4.64. The number of carbonyl (C=O) groups is 4. The van der Waals surface area contributed by atoms with E-state index >= 15 is 0 Å². The molecule has 0 atom stereocenters. The zero-order chi connectivity index (χ0) is 29.5. The number of guanidine groups is 1. The van der Waals surface area contributed by atoms with E-state index in [9.17, 15) is 28.0 Å². The number of alkyl carbamates (subject to hydrolysis) is 2. The summed E-state index contributed by atoms with van der Waals surface area (Å²) in [7, 11) is 0. The predicted octanol–water partition coefficient (Wildman–Crippen LogP) is 4.25. The summed E-state index contributed by atoms with van der Waals surface area (Å²) in [5.74, 6) is -4.78. The van der Waals surface area contributed by atoms with Crippen LogP contribution in [0.25, 0.3) is 0 Å². The van der Waals surface area contributed by atoms with Crippen molar-refractivity contribution in [2.45, 2.75) is 59.2 Å². The summed E-state index contributed by atoms with van der Waals surface area (Å²) < 4.78 is 43.6. The van der Waals surface area contributed by atoms with Crippen LogP contribution >= 0.6 is 0 Å². The van der Waals surface area contributed by atoms with Crippen LogP contribution in [0, 0.1) is 11.6 Å². The van der Waals surface area contributed by atoms with Crippen LogP contribution in [0.5, 0.6) is 5.75 Å². The number of nitrogens with one attached hydrogen (secondary N) is 2. The number of aliphatic imine (C=N–C) groups is 1. The minimum Gasteiger partial charge on any atom is -0.444 e. The third-order valence-corrected chi connectivity index (χ3v) is 4.26. The minimum atomic E-state index is -1.09. The second kappa shape index (κ2) is 12.3. The molecule has 2 aromatic rings. The molecular formula is C26H30F2N4O7. The molecule has 0 aliphatic carbocycles. The van der Waals surface area contributed by atoms with Gasteiger partial charge in [-0.1, -0.05) is 0 Å². The van der Waals surface area contributed by atoms with Crippen LogP contribution in [-0.2, 0) is 20.7 Å². The van der Waals surface area contributed by atoms with Gasteiger partial charge in [-0.05, 0) is 65.8 Å². The van der Waals surface area contributed by atoms with Crippen LogP contribution in [0.1, 0.15) is 57.5 Å². The van der Waals surface area contributed by atoms with E-state index in [-0.39, 0.29) is 17.2 Å². The van der Waals surface area contributed by atoms with Crippen LogP contribution in [0.15, 0.2) is 41.4 Å². The molecule has 2 rings (SSSR count). The van der Waals surface area contributed by atoms with E-state index in [4.69, 9.17) is 19.9 Å². The lowest BCUT2D eigenvalue weighted by Crippen LogP contribution is -2.47. The van der Waals surface area contributed by atoms with Crippen molar-refractivity contribution >= 4 is 35.7 Å². The number of hydrogen-bond acceptors (Lipinski definition) is 8. The second-order valence-electron chi connectivity index (χ2n) is 10.2. The molecule has 0 unspecified atom stereocenters. The molecule has 0 aliphatic heterocycles. The van der Waals surface area contributed by atoms with Crippen molar-refractivity contribution in [3.63, 3.8) is 0 Å². The van der Waals surface area contributed by atoms with Gasteiger partial charge in [0.25, 0.3) is 0 Å². The van der Waals surface area contributed by atoms with E-state index in [1.54, 1.807) is 41.5 Å². The Morgan fingerprint density at radius 2 is 1.31 bits per heavy atom. The van der Waals surface area contributed by atoms with Crippen LogP contribution < -0.4 is 21.1 Å². The molecule has 3 amide bonds. The monoisotopic (exact) mass is 548 g/mol. The normalized spacial score (nSPS) is 11.2. The maximum absolute atomic E-state index is 14.1. The highest BCUT2D eigenvalue weighted by molar-refractivity contribution is 6.02. The van der Waals surface area contributed by atoms with E-state index in [0.29, 0.717) is 0 Å². The number of ether oxygens (including phenoxy) is 3. The Bertz CT molecular complexity index is 1230. The molecule has 0 spiro atoms. The first-order valence-electron chi connectivity index (χ1n) is 11.6. The van der Waals surface area contributed by atoms with Crippen molar-refractivity contribution in [2.24, 2.45) is 10.7 Å². The lowest BCUT2D eigenvalue weighted by Gasteiger charge is -2.22. The zero-order valence-corrected chi connectivity index (χ0v) is 22.3. The molecule has 0 fully saturated rings. The molecule has 0 saturated heterocycles. The molecule has 0 aliphatic rings. The second-order valence-corrected chi connectivity index (χ2v) is 10.2. The van der Waals surface area contributed by atoms with Crippen LogP contribution in [-0.4, -0.2) is 41.2 Å². The molecule has 0 radical (unpaired) electrons. The smallest absolute Gasteiger partial charge is 0.414 e. The summed E-state index contributed by atoms with van der Waals surface area (Å²) >= 11 is 0. The highest BCUT2D eigenvalue weighted by Gasteiger charge is 2.22. The van der Waals surface area contributed by atoms with E-state index in [1.807, 2.05) is 0 Å². The number of halogens is 2. The minimum absolute atomic E-state index is 0.00210. The zero-order valence-electron chi connectivity index (χ0n) is 22.3. The molecule has 2 aromatic carbocycles. The molecule has 210 valence electrons. The van der Waals surface area contributed by atoms with Crippen LogP contribution in [0.4, 0.5) is 24.1 Å². The standard InChI is InChI=1S/C26H30F2N4O7/c1-25(2,3)38-23(35)31-22(32-24(36)39-26(4,5)6)30-15-9-7-14(8-10-15)21(34)37-16-11-18(27)17(13-20(29)33)19(28)12-16/h7-12H,13H2,1-6H3,(H2,29,33)(H2,30,31,32,35,36). The van der Waals surface area contributed by atoms with Gasteiger partial charge >= 0.3 is 18.2 Å². The Kier molecular flexibility index (Phi) is 9.70. The summed E-state index contributed by atoms with van der Waals surface area (Å²) in [6, 6.07) is 6.84. The maximum atomic E-state index is 14.1. The average Bonchev–Trinajstić information content (AvgIpc) is 2.73. The van der Waals surface area contributed by atoms with Gasteiger partial charge in [0.15, 0.2) is 0 Å². The predicted molar refractivity (Wildman–Crippen MR) is 136 cm³/mol. The molecule has 11 nitrogen and oxygen atoms in total. The van der Waals surface area contributed by atoms with Crippen molar-refractivity contribution in [2.75, 3.05) is 0 Å². The summed E-state index contributed by atoms with van der Waals surface area (Å²) in [6.07, 6.45) is -2.43. The van der Waals surface area contributed by atoms with Crippen LogP contribution in [0.2, 0.25) is 0 Å². The van der Waals surface area contributed by atoms with Gasteiger partial charge < -0.3 is 19.9 Å². The topological polar surface area (TPSA) is 158 Å². The average molecular weight is 549 g/mol. The number of nitrogens with two attached hydrogens (primary N) is 1. The Balaban J connectivity index is 2.22. The Hall–Kier alpha value is -4.55. The number of nitrogens with zero attached hydrogens (tertiary/aromatic N) is 1. The molecule has 39 heavy (non-hydrogen) atoms. The first-order chi connectivity index (χ1) is 17.9. The highest BCUT2D eigenvalue weighted by Crippen LogP contribution is 2.23. The van der Waals surface area contributed by atoms with Crippen molar-refractivity contribution in [3.05, 3.63) is 59.2 Å². The van der Waals surface area contributed by atoms with Gasteiger partial charge in [-0.2, -0.15) is 0 Å². The fourth-order valence-electron chi connectivity index (χ4n) is 2.84. The number of hydrogen-bond donors (Lipinski definition) is 3. The van der Waals surface area contributed by atoms with Crippen molar-refractivity contribution < 1.29 is 42.2 Å². The van der Waals surface area contributed by atoms with Gasteiger partial charge in [0.1, 0.15) is 28.6 Å². The van der Waals surface area contributed by atoms with E-state index < -0.39 is 64.6 Å². The van der Waals surface area contributed by atoms with Crippen molar-refractivity contribution in [1.29, 1.82) is 0 Å². The lowest BCUT2D eigenvalue weighted by molar-refractivity contribution is -0.117. The summed E-state index contributed by atoms with van der Waals surface area (Å²) in [6.45, 7) is 9.92. The Morgan fingerprint density at radius 3 is 1.72 bits per heavy atom. The Labute approximate surface area is 223 Å². The van der Waals surface area contributed by atoms with Gasteiger partial charge in [-0.25, -0.2) is 28.2 Å². The number of primary amides is 1. The maximum Gasteiger partial charge on any atom is 0.414 e. The molecule has 0 saturated carbocycles. The van der Waals surface area contributed by atoms with Gasteiger partial charge in [0.2, 0.25) is 11.9 Å². The summed E-state index contributed by atoms with van der Waals surface area (Å²) in [4.78, 5) is 52.0. The van der Waals surface area contributed by atoms with Gasteiger partial charge in [0.05, 0.1) is 17.7 Å². The van der Waals surface area contributed by atoms with Crippen LogP contribution in [0.3, 0.4) is 0 Å². The molecule has 13 heteroatoms. The number of rotatable bonds is 5. The third kappa shape index (κ3) is 10.8. The third-order valence-electron chi connectivity index (χ3n) is 4.26. The Morgan fingerprint density at radius 1 is 0.846 bits per heavy atom. The van der Waals surface area contributed by atoms with E-state index in [0.717, 1.165) is 12.1 Å². The molecular weight excluding hydrogens is 518 g/mol. The van der Waals surface area contributed by atoms with Crippen molar-refractivity contribution in [1.82, 2.24) is 10.6 Å². The quantitative estimate of drug-likeness (QED) is 0.218. The van der Waals surface area contributed by atoms with Gasteiger partial charge in [0, 0.05) is 17.7 Å². The SMILES string of the molecule is CC(C)(C)OC(=O)NC(=Nc1ccc(C(=O)Oc2cc(F)c(CC(N)=O)c(F)c2)cc1)NC(=O)OC(C)(C)C. The number of esters is 1. The number of benzene rings is 2. The fraction of sp³-hybridized carbons (Fsp3) is 0.346. The molecule has 0 bridgehead atoms. The number of carbonyl (C=O) groups excluding carboxylic acids is 4.